The molecule has 2 aromatic heterocycles. The lowest BCUT2D eigenvalue weighted by Crippen LogP contribution is -2.51. The van der Waals surface area contributed by atoms with Crippen LogP contribution >= 0.6 is 0 Å². The van der Waals surface area contributed by atoms with E-state index in [0.29, 0.717) is 42.6 Å². The van der Waals surface area contributed by atoms with E-state index in [2.05, 4.69) is 20.7 Å². The van der Waals surface area contributed by atoms with E-state index in [1.54, 1.807) is 35.6 Å². The molecular weight excluding hydrogens is 426 g/mol. The fraction of sp³-hybridized carbons (Fsp3) is 0.500. The van der Waals surface area contributed by atoms with Gasteiger partial charge in [-0.2, -0.15) is 0 Å². The lowest BCUT2D eigenvalue weighted by Gasteiger charge is -2.29. The van der Waals surface area contributed by atoms with Crippen LogP contribution in [0.25, 0.3) is 5.69 Å². The Kier molecular flexibility index (Phi) is 7.30. The third kappa shape index (κ3) is 5.55. The van der Waals surface area contributed by atoms with Crippen LogP contribution in [0.15, 0.2) is 37.1 Å². The number of carbonyl (C=O) groups is 3. The second-order valence-electron chi connectivity index (χ2n) is 8.59. The van der Waals surface area contributed by atoms with Gasteiger partial charge >= 0.3 is 0 Å². The summed E-state index contributed by atoms with van der Waals surface area (Å²) in [6, 6.07) is 2.80. The minimum Gasteiger partial charge on any atom is -0.309 e. The van der Waals surface area contributed by atoms with Crippen molar-refractivity contribution < 1.29 is 19.6 Å². The summed E-state index contributed by atoms with van der Waals surface area (Å²) < 4.78 is 1.80. The molecule has 0 radical (unpaired) electrons. The second kappa shape index (κ2) is 10.5. The monoisotopic (exact) mass is 455 g/mol. The van der Waals surface area contributed by atoms with Crippen molar-refractivity contribution in [2.45, 2.75) is 44.6 Å². The van der Waals surface area contributed by atoms with E-state index in [9.17, 15) is 19.6 Å². The van der Waals surface area contributed by atoms with Crippen LogP contribution in [0.5, 0.6) is 0 Å². The van der Waals surface area contributed by atoms with Gasteiger partial charge < -0.3 is 9.88 Å². The van der Waals surface area contributed by atoms with Crippen LogP contribution in [0.4, 0.5) is 5.82 Å². The number of hydroxylamine groups is 2. The molecule has 2 atom stereocenters. The Hall–Kier alpha value is -3.31. The predicted molar refractivity (Wildman–Crippen MR) is 118 cm³/mol. The molecule has 1 aliphatic carbocycles. The average molecular weight is 456 g/mol. The molecule has 2 fully saturated rings. The van der Waals surface area contributed by atoms with Crippen LogP contribution in [-0.4, -0.2) is 67.2 Å². The molecule has 33 heavy (non-hydrogen) atoms. The Labute approximate surface area is 191 Å². The Morgan fingerprint density at radius 2 is 2.12 bits per heavy atom. The molecule has 1 saturated carbocycles. The number of aromatic nitrogens is 3. The summed E-state index contributed by atoms with van der Waals surface area (Å²) in [6.07, 6.45) is 12.4. The first-order chi connectivity index (χ1) is 16.0. The van der Waals surface area contributed by atoms with Crippen molar-refractivity contribution in [2.75, 3.05) is 18.4 Å². The molecule has 0 bridgehead atoms. The zero-order chi connectivity index (χ0) is 23.2. The zero-order valence-corrected chi connectivity index (χ0v) is 18.3. The number of hydrogen-bond donors (Lipinski definition) is 3. The topological polar surface area (TPSA) is 133 Å². The molecule has 4 rings (SSSR count). The molecule has 11 heteroatoms. The first-order valence-corrected chi connectivity index (χ1v) is 11.3. The molecule has 3 N–H and O–H groups in total. The van der Waals surface area contributed by atoms with Crippen molar-refractivity contribution in [3.63, 3.8) is 0 Å². The van der Waals surface area contributed by atoms with Crippen LogP contribution in [0, 0.1) is 11.8 Å². The highest BCUT2D eigenvalue weighted by atomic mass is 16.5. The predicted octanol–water partition coefficient (Wildman–Crippen LogP) is 1.36. The highest BCUT2D eigenvalue weighted by Gasteiger charge is 2.39. The number of anilines is 1. The maximum absolute atomic E-state index is 13.3. The van der Waals surface area contributed by atoms with Crippen molar-refractivity contribution in [2.24, 2.45) is 11.8 Å². The van der Waals surface area contributed by atoms with Gasteiger partial charge in [-0.05, 0) is 30.9 Å². The van der Waals surface area contributed by atoms with E-state index in [1.807, 2.05) is 6.07 Å². The van der Waals surface area contributed by atoms with Crippen molar-refractivity contribution in [3.05, 3.63) is 37.1 Å². The van der Waals surface area contributed by atoms with Gasteiger partial charge in [-0.15, -0.1) is 0 Å². The molecule has 176 valence electrons. The standard InChI is InChI=1S/C22H29N7O4/c30-15-28(33)13-17(11-16-3-1-2-4-16)22(32)29-19(7-8-25-29)21(31)26-20-6-5-18(12-24-20)27-10-9-23-14-27/h5-6,9-10,12,14-17,19,25,33H,1-4,7-8,11,13H2,(H,24,26,31). The zero-order valence-electron chi connectivity index (χ0n) is 18.3. The first kappa shape index (κ1) is 22.9. The average Bonchev–Trinajstić information content (AvgIpc) is 3.61. The van der Waals surface area contributed by atoms with Crippen LogP contribution in [0.2, 0.25) is 0 Å². The maximum Gasteiger partial charge on any atom is 0.250 e. The van der Waals surface area contributed by atoms with Gasteiger partial charge in [0.15, 0.2) is 0 Å². The van der Waals surface area contributed by atoms with Crippen LogP contribution in [0.3, 0.4) is 0 Å². The third-order valence-electron chi connectivity index (χ3n) is 6.32. The summed E-state index contributed by atoms with van der Waals surface area (Å²) in [5, 5.41) is 14.4. The summed E-state index contributed by atoms with van der Waals surface area (Å²) in [7, 11) is 0. The minimum absolute atomic E-state index is 0.0946. The Morgan fingerprint density at radius 1 is 1.30 bits per heavy atom. The van der Waals surface area contributed by atoms with Crippen molar-refractivity contribution in [3.8, 4) is 5.69 Å². The fourth-order valence-electron chi connectivity index (χ4n) is 4.64. The Bertz CT molecular complexity index is 944. The highest BCUT2D eigenvalue weighted by Crippen LogP contribution is 2.31. The molecule has 1 aliphatic heterocycles. The number of hydrazine groups is 1. The number of pyridine rings is 1. The van der Waals surface area contributed by atoms with Gasteiger partial charge in [0.25, 0.3) is 0 Å². The Balaban J connectivity index is 1.41. The summed E-state index contributed by atoms with van der Waals surface area (Å²) in [6.45, 7) is 0.381. The lowest BCUT2D eigenvalue weighted by atomic mass is 9.92. The number of imidazole rings is 1. The van der Waals surface area contributed by atoms with Gasteiger partial charge in [-0.25, -0.2) is 20.5 Å². The number of amides is 3. The molecule has 2 aliphatic rings. The minimum atomic E-state index is -0.706. The number of nitrogens with one attached hydrogen (secondary N) is 2. The quantitative estimate of drug-likeness (QED) is 0.295. The SMILES string of the molecule is O=CN(O)CC(CC1CCCC1)C(=O)N1NCCC1C(=O)Nc1ccc(-n2ccnc2)cn1. The molecule has 11 nitrogen and oxygen atoms in total. The van der Waals surface area contributed by atoms with E-state index >= 15 is 0 Å². The summed E-state index contributed by atoms with van der Waals surface area (Å²) in [5.41, 5.74) is 3.81. The van der Waals surface area contributed by atoms with Crippen LogP contribution in [0.1, 0.15) is 38.5 Å². The van der Waals surface area contributed by atoms with Crippen molar-refractivity contribution >= 4 is 24.0 Å². The molecule has 0 spiro atoms. The van der Waals surface area contributed by atoms with E-state index < -0.39 is 12.0 Å². The van der Waals surface area contributed by atoms with Crippen LogP contribution in [-0.2, 0) is 14.4 Å². The summed E-state index contributed by atoms with van der Waals surface area (Å²) >= 11 is 0. The van der Waals surface area contributed by atoms with Gasteiger partial charge in [0.1, 0.15) is 11.9 Å². The van der Waals surface area contributed by atoms with Gasteiger partial charge in [0, 0.05) is 18.9 Å². The lowest BCUT2D eigenvalue weighted by molar-refractivity contribution is -0.159. The number of hydrogen-bond acceptors (Lipinski definition) is 7. The maximum atomic E-state index is 13.3. The number of carbonyl (C=O) groups excluding carboxylic acids is 3. The van der Waals surface area contributed by atoms with Crippen LogP contribution < -0.4 is 10.7 Å². The third-order valence-corrected chi connectivity index (χ3v) is 6.32. The van der Waals surface area contributed by atoms with Gasteiger partial charge in [0.2, 0.25) is 18.2 Å². The molecule has 3 heterocycles. The van der Waals surface area contributed by atoms with Gasteiger partial charge in [-0.3, -0.25) is 24.6 Å². The smallest absolute Gasteiger partial charge is 0.250 e. The van der Waals surface area contributed by atoms with Gasteiger partial charge in [-0.1, -0.05) is 25.7 Å². The molecule has 2 aromatic rings. The Morgan fingerprint density at radius 3 is 2.79 bits per heavy atom. The van der Waals surface area contributed by atoms with E-state index in [4.69, 9.17) is 0 Å². The van der Waals surface area contributed by atoms with Crippen molar-refractivity contribution in [1.29, 1.82) is 0 Å². The van der Waals surface area contributed by atoms with Gasteiger partial charge in [0.05, 0.1) is 30.7 Å². The van der Waals surface area contributed by atoms with E-state index in [1.165, 1.54) is 5.01 Å². The van der Waals surface area contributed by atoms with Crippen molar-refractivity contribution in [1.82, 2.24) is 30.0 Å². The summed E-state index contributed by atoms with van der Waals surface area (Å²) in [4.78, 5) is 45.5. The number of nitrogens with zero attached hydrogens (tertiary/aromatic N) is 5. The molecule has 1 saturated heterocycles. The normalized spacial score (nSPS) is 19.4. The molecular formula is C22H29N7O4. The molecule has 2 unspecified atom stereocenters. The largest absolute Gasteiger partial charge is 0.309 e. The first-order valence-electron chi connectivity index (χ1n) is 11.3. The van der Waals surface area contributed by atoms with E-state index in [0.717, 1.165) is 31.4 Å². The second-order valence-corrected chi connectivity index (χ2v) is 8.59. The van der Waals surface area contributed by atoms with E-state index in [-0.39, 0.29) is 18.4 Å². The number of rotatable bonds is 9. The molecule has 3 amide bonds. The fourth-order valence-corrected chi connectivity index (χ4v) is 4.64. The summed E-state index contributed by atoms with van der Waals surface area (Å²) in [5.74, 6) is -0.451. The molecule has 0 aromatic carbocycles. The highest BCUT2D eigenvalue weighted by molar-refractivity contribution is 5.97.